The number of carbonyl (C=O) groups is 1. The monoisotopic (exact) mass is 363 g/mol. The number of nitrogens with one attached hydrogen (secondary N) is 2. The van der Waals surface area contributed by atoms with Crippen LogP contribution in [0.1, 0.15) is 25.4 Å². The van der Waals surface area contributed by atoms with Crippen molar-refractivity contribution < 1.29 is 15.7 Å². The average molecular weight is 363 g/mol. The van der Waals surface area contributed by atoms with Gasteiger partial charge in [0.15, 0.2) is 11.5 Å². The predicted octanol–water partition coefficient (Wildman–Crippen LogP) is 4.03. The molecule has 6 nitrogen and oxygen atoms in total. The number of nitrogens with zero attached hydrogens (tertiary/aromatic N) is 1. The van der Waals surface area contributed by atoms with Gasteiger partial charge in [0.25, 0.3) is 0 Å². The number of benzene rings is 2. The number of carbonyl (C=O) groups excluding carboxylic acids is 1. The molecule has 1 amide bonds. The van der Waals surface area contributed by atoms with Crippen molar-refractivity contribution in [1.82, 2.24) is 10.2 Å². The quantitative estimate of drug-likeness (QED) is 0.734. The van der Waals surface area contributed by atoms with Gasteiger partial charge >= 0.3 is 0 Å². The number of aryl methyl sites for hydroxylation is 1. The topological polar surface area (TPSA) is 76.2 Å². The highest BCUT2D eigenvalue weighted by molar-refractivity contribution is 6.02. The van der Waals surface area contributed by atoms with Crippen LogP contribution in [-0.4, -0.2) is 22.9 Å². The van der Waals surface area contributed by atoms with Crippen LogP contribution in [0, 0.1) is 6.92 Å². The molecule has 0 radical (unpaired) electrons. The normalized spacial score (nSPS) is 16.2. The van der Waals surface area contributed by atoms with E-state index >= 15 is 0 Å². The summed E-state index contributed by atoms with van der Waals surface area (Å²) < 4.78 is 10.8. The van der Waals surface area contributed by atoms with E-state index in [1.807, 2.05) is 49.5 Å². The van der Waals surface area contributed by atoms with E-state index in [0.29, 0.717) is 5.75 Å². The summed E-state index contributed by atoms with van der Waals surface area (Å²) in [4.78, 5) is 13.1. The van der Waals surface area contributed by atoms with Crippen LogP contribution in [0.15, 0.2) is 48.8 Å². The van der Waals surface area contributed by atoms with Crippen molar-refractivity contribution in [2.75, 3.05) is 12.1 Å². The molecule has 27 heavy (non-hydrogen) atoms. The fraction of sp³-hybridized carbons (Fsp3) is 0.238. The minimum Gasteiger partial charge on any atom is -0.454 e. The lowest BCUT2D eigenvalue weighted by Crippen LogP contribution is -2.27. The van der Waals surface area contributed by atoms with Gasteiger partial charge in [-0.1, -0.05) is 12.1 Å². The van der Waals surface area contributed by atoms with Gasteiger partial charge in [-0.3, -0.25) is 9.89 Å². The predicted molar refractivity (Wildman–Crippen MR) is 103 cm³/mol. The number of ether oxygens (including phenoxy) is 2. The molecule has 0 saturated heterocycles. The summed E-state index contributed by atoms with van der Waals surface area (Å²) >= 11 is 0. The molecule has 1 aliphatic carbocycles. The fourth-order valence-electron chi connectivity index (χ4n) is 3.63. The molecule has 138 valence electrons. The van der Waals surface area contributed by atoms with E-state index in [2.05, 4.69) is 15.5 Å². The van der Waals surface area contributed by atoms with E-state index in [4.69, 9.17) is 9.47 Å². The van der Waals surface area contributed by atoms with Gasteiger partial charge in [0.1, 0.15) is 0 Å². The number of aromatic nitrogens is 2. The van der Waals surface area contributed by atoms with Crippen LogP contribution in [0.3, 0.4) is 0 Å². The average Bonchev–Trinajstić information content (AvgIpc) is 3.09. The van der Waals surface area contributed by atoms with E-state index in [1.165, 1.54) is 0 Å². The van der Waals surface area contributed by atoms with Crippen LogP contribution < -0.4 is 14.8 Å². The number of fused-ring (bicyclic) bond motifs is 1. The molecule has 6 heteroatoms. The second kappa shape index (κ2) is 5.87. The first-order valence-electron chi connectivity index (χ1n) is 8.97. The van der Waals surface area contributed by atoms with Crippen molar-refractivity contribution in [2.24, 2.45) is 0 Å². The first-order valence-corrected chi connectivity index (χ1v) is 8.97. The number of H-pyrrole nitrogens is 1. The van der Waals surface area contributed by atoms with Gasteiger partial charge in [-0.05, 0) is 60.7 Å². The highest BCUT2D eigenvalue weighted by atomic mass is 16.7. The van der Waals surface area contributed by atoms with E-state index in [9.17, 15) is 4.79 Å². The molecule has 2 aliphatic rings. The van der Waals surface area contributed by atoms with Crippen molar-refractivity contribution >= 4 is 11.6 Å². The van der Waals surface area contributed by atoms with Crippen LogP contribution in [-0.2, 0) is 10.2 Å². The third-order valence-electron chi connectivity index (χ3n) is 5.41. The standard InChI is InChI=1S/C21H19N3O3.H2/c1-13-2-4-16(9-17(13)14-10-22-23-11-14)24-20(25)21(6-7-21)15-3-5-18-19(8-15)27-12-26-18;/h2-5,8-11H,6-7,12H2,1H3,(H,22,23)(H,24,25);1H. The highest BCUT2D eigenvalue weighted by Gasteiger charge is 2.51. The van der Waals surface area contributed by atoms with E-state index in [-0.39, 0.29) is 14.1 Å². The largest absolute Gasteiger partial charge is 0.454 e. The molecule has 0 spiro atoms. The minimum atomic E-state index is -0.484. The van der Waals surface area contributed by atoms with Gasteiger partial charge in [0.05, 0.1) is 11.6 Å². The summed E-state index contributed by atoms with van der Waals surface area (Å²) in [7, 11) is 0. The zero-order valence-corrected chi connectivity index (χ0v) is 14.9. The van der Waals surface area contributed by atoms with Crippen molar-refractivity contribution in [2.45, 2.75) is 25.2 Å². The van der Waals surface area contributed by atoms with Crippen molar-refractivity contribution in [1.29, 1.82) is 0 Å². The number of anilines is 1. The second-order valence-corrected chi connectivity index (χ2v) is 7.12. The van der Waals surface area contributed by atoms with Gasteiger partial charge in [-0.2, -0.15) is 5.10 Å². The van der Waals surface area contributed by atoms with Gasteiger partial charge in [-0.25, -0.2) is 0 Å². The molecular weight excluding hydrogens is 342 g/mol. The first kappa shape index (κ1) is 15.9. The molecule has 1 saturated carbocycles. The Bertz CT molecular complexity index is 1030. The smallest absolute Gasteiger partial charge is 0.235 e. The molecule has 0 bridgehead atoms. The fourth-order valence-corrected chi connectivity index (χ4v) is 3.63. The first-order chi connectivity index (χ1) is 13.2. The Morgan fingerprint density at radius 3 is 2.81 bits per heavy atom. The van der Waals surface area contributed by atoms with Crippen LogP contribution >= 0.6 is 0 Å². The summed E-state index contributed by atoms with van der Waals surface area (Å²) in [6.07, 6.45) is 5.30. The van der Waals surface area contributed by atoms with Gasteiger partial charge in [0, 0.05) is 18.9 Å². The molecule has 0 unspecified atom stereocenters. The Balaban J connectivity index is 0.00000192. The maximum absolute atomic E-state index is 13.1. The third-order valence-corrected chi connectivity index (χ3v) is 5.41. The number of aromatic amines is 1. The summed E-state index contributed by atoms with van der Waals surface area (Å²) in [6.45, 7) is 2.28. The molecule has 2 aromatic carbocycles. The zero-order valence-electron chi connectivity index (χ0n) is 14.9. The lowest BCUT2D eigenvalue weighted by molar-refractivity contribution is -0.118. The highest BCUT2D eigenvalue weighted by Crippen LogP contribution is 2.51. The maximum atomic E-state index is 13.1. The molecule has 1 aromatic heterocycles. The summed E-state index contributed by atoms with van der Waals surface area (Å²) in [6, 6.07) is 11.7. The molecule has 2 N–H and O–H groups in total. The summed E-state index contributed by atoms with van der Waals surface area (Å²) in [5.74, 6) is 1.46. The SMILES string of the molecule is Cc1ccc(NC(=O)C2(c3ccc4c(c3)OCO4)CC2)cc1-c1cn[nH]c1.[HH]. The van der Waals surface area contributed by atoms with Gasteiger partial charge in [-0.15, -0.1) is 0 Å². The van der Waals surface area contributed by atoms with Crippen LogP contribution in [0.2, 0.25) is 0 Å². The summed E-state index contributed by atoms with van der Waals surface area (Å²) in [5.41, 5.74) is 4.46. The molecule has 2 heterocycles. The summed E-state index contributed by atoms with van der Waals surface area (Å²) in [5, 5.41) is 9.94. The number of rotatable bonds is 4. The zero-order chi connectivity index (χ0) is 18.4. The van der Waals surface area contributed by atoms with Crippen molar-refractivity contribution in [3.8, 4) is 22.6 Å². The van der Waals surface area contributed by atoms with Crippen LogP contribution in [0.4, 0.5) is 5.69 Å². The second-order valence-electron chi connectivity index (χ2n) is 7.12. The van der Waals surface area contributed by atoms with E-state index in [1.54, 1.807) is 6.20 Å². The number of hydrogen-bond acceptors (Lipinski definition) is 4. The Kier molecular flexibility index (Phi) is 3.47. The van der Waals surface area contributed by atoms with Crippen LogP contribution in [0.25, 0.3) is 11.1 Å². The molecule has 1 fully saturated rings. The third kappa shape index (κ3) is 2.65. The van der Waals surface area contributed by atoms with Crippen LogP contribution in [0.5, 0.6) is 11.5 Å². The van der Waals surface area contributed by atoms with Crippen molar-refractivity contribution in [3.05, 3.63) is 59.9 Å². The van der Waals surface area contributed by atoms with Crippen molar-refractivity contribution in [3.63, 3.8) is 0 Å². The Hall–Kier alpha value is -3.28. The molecule has 3 aromatic rings. The molecule has 1 aliphatic heterocycles. The Labute approximate surface area is 158 Å². The van der Waals surface area contributed by atoms with E-state index in [0.717, 1.165) is 46.5 Å². The lowest BCUT2D eigenvalue weighted by Gasteiger charge is -2.17. The van der Waals surface area contributed by atoms with E-state index < -0.39 is 5.41 Å². The Morgan fingerprint density at radius 2 is 2.04 bits per heavy atom. The maximum Gasteiger partial charge on any atom is 0.235 e. The molecular formula is C21H21N3O3. The lowest BCUT2D eigenvalue weighted by atomic mass is 9.94. The number of hydrogen-bond donors (Lipinski definition) is 2. The molecule has 5 rings (SSSR count). The Morgan fingerprint density at radius 1 is 1.19 bits per heavy atom. The minimum absolute atomic E-state index is 0. The molecule has 0 atom stereocenters. The van der Waals surface area contributed by atoms with Gasteiger partial charge in [0.2, 0.25) is 12.7 Å². The van der Waals surface area contributed by atoms with Gasteiger partial charge < -0.3 is 14.8 Å². The number of amides is 1.